The summed E-state index contributed by atoms with van der Waals surface area (Å²) < 4.78 is 0. The number of allylic oxidation sites excluding steroid dienone is 4. The first-order valence-electron chi connectivity index (χ1n) is 3.05. The summed E-state index contributed by atoms with van der Waals surface area (Å²) in [4.78, 5) is 0. The fourth-order valence-electron chi connectivity index (χ4n) is 0.697. The molecule has 0 spiro atoms. The molecule has 1 aliphatic carbocycles. The van der Waals surface area contributed by atoms with Crippen LogP contribution in [-0.2, 0) is 0 Å². The van der Waals surface area contributed by atoms with Gasteiger partial charge in [0.15, 0.2) is 0 Å². The molecule has 0 aromatic carbocycles. The zero-order chi connectivity index (χ0) is 7.40. The summed E-state index contributed by atoms with van der Waals surface area (Å²) in [5.41, 5.74) is 6.18. The first-order chi connectivity index (χ1) is 4.83. The number of hydrogen-bond acceptors (Lipinski definition) is 2. The summed E-state index contributed by atoms with van der Waals surface area (Å²) in [5, 5.41) is 8.46. The van der Waals surface area contributed by atoms with E-state index >= 15 is 0 Å². The highest BCUT2D eigenvalue weighted by Gasteiger charge is 1.94. The van der Waals surface area contributed by atoms with Crippen LogP contribution in [0.3, 0.4) is 0 Å². The van der Waals surface area contributed by atoms with Crippen molar-refractivity contribution < 1.29 is 0 Å². The fraction of sp³-hybridized carbons (Fsp3) is 0.125. The van der Waals surface area contributed by atoms with E-state index in [1.807, 2.05) is 12.1 Å². The van der Waals surface area contributed by atoms with Crippen LogP contribution in [0.5, 0.6) is 0 Å². The van der Waals surface area contributed by atoms with Gasteiger partial charge in [-0.25, -0.2) is 0 Å². The Morgan fingerprint density at radius 3 is 3.00 bits per heavy atom. The molecule has 1 unspecified atom stereocenters. The van der Waals surface area contributed by atoms with Gasteiger partial charge in [-0.2, -0.15) is 5.26 Å². The van der Waals surface area contributed by atoms with Gasteiger partial charge in [0, 0.05) is 6.04 Å². The molecule has 0 saturated heterocycles. The molecule has 1 aliphatic rings. The molecule has 2 heteroatoms. The quantitative estimate of drug-likeness (QED) is 0.532. The van der Waals surface area contributed by atoms with Crippen LogP contribution in [-0.4, -0.2) is 6.04 Å². The Labute approximate surface area is 60.0 Å². The molecule has 2 nitrogen and oxygen atoms in total. The van der Waals surface area contributed by atoms with E-state index in [9.17, 15) is 0 Å². The van der Waals surface area contributed by atoms with Crippen LogP contribution in [0.2, 0.25) is 0 Å². The van der Waals surface area contributed by atoms with Crippen LogP contribution < -0.4 is 5.73 Å². The Bertz CT molecular complexity index is 240. The molecule has 0 bridgehead atoms. The number of rotatable bonds is 0. The van der Waals surface area contributed by atoms with Gasteiger partial charge in [0.05, 0.1) is 11.6 Å². The van der Waals surface area contributed by atoms with E-state index in [0.29, 0.717) is 5.57 Å². The van der Waals surface area contributed by atoms with Gasteiger partial charge in [-0.1, -0.05) is 18.2 Å². The normalized spacial score (nSPS) is 23.2. The summed E-state index contributed by atoms with van der Waals surface area (Å²) in [6, 6.07) is 1.98. The highest BCUT2D eigenvalue weighted by Crippen LogP contribution is 2.01. The monoisotopic (exact) mass is 132 g/mol. The first kappa shape index (κ1) is 6.79. The molecule has 0 amide bonds. The lowest BCUT2D eigenvalue weighted by atomic mass is 10.2. The average molecular weight is 132 g/mol. The molecular formula is C8H8N2. The van der Waals surface area contributed by atoms with Crippen LogP contribution in [0.4, 0.5) is 0 Å². The SMILES string of the molecule is N#CC1=CC=CC(N)C=C1. The Hall–Kier alpha value is -1.33. The minimum atomic E-state index is -0.0536. The van der Waals surface area contributed by atoms with Crippen molar-refractivity contribution in [2.24, 2.45) is 5.73 Å². The Morgan fingerprint density at radius 1 is 1.50 bits per heavy atom. The second kappa shape index (κ2) is 3.00. The summed E-state index contributed by atoms with van der Waals surface area (Å²) in [7, 11) is 0. The van der Waals surface area contributed by atoms with Crippen LogP contribution in [0.25, 0.3) is 0 Å². The van der Waals surface area contributed by atoms with Crippen molar-refractivity contribution in [2.45, 2.75) is 6.04 Å². The number of hydrogen-bond donors (Lipinski definition) is 1. The first-order valence-corrected chi connectivity index (χ1v) is 3.05. The van der Waals surface area contributed by atoms with Crippen molar-refractivity contribution in [3.05, 3.63) is 36.0 Å². The molecule has 50 valence electrons. The van der Waals surface area contributed by atoms with Crippen molar-refractivity contribution in [3.63, 3.8) is 0 Å². The minimum Gasteiger partial charge on any atom is -0.321 e. The Kier molecular flexibility index (Phi) is 2.03. The molecule has 1 rings (SSSR count). The van der Waals surface area contributed by atoms with E-state index in [1.54, 1.807) is 24.3 Å². The molecule has 0 heterocycles. The molecule has 0 aromatic heterocycles. The summed E-state index contributed by atoms with van der Waals surface area (Å²) >= 11 is 0. The molecule has 0 aliphatic heterocycles. The van der Waals surface area contributed by atoms with Crippen LogP contribution in [0.15, 0.2) is 36.0 Å². The van der Waals surface area contributed by atoms with Gasteiger partial charge in [-0.15, -0.1) is 0 Å². The van der Waals surface area contributed by atoms with Crippen LogP contribution in [0, 0.1) is 11.3 Å². The van der Waals surface area contributed by atoms with Crippen LogP contribution >= 0.6 is 0 Å². The van der Waals surface area contributed by atoms with Crippen LogP contribution in [0.1, 0.15) is 0 Å². The van der Waals surface area contributed by atoms with Crippen molar-refractivity contribution in [1.82, 2.24) is 0 Å². The van der Waals surface area contributed by atoms with E-state index in [2.05, 4.69) is 0 Å². The van der Waals surface area contributed by atoms with Gasteiger partial charge in [0.1, 0.15) is 0 Å². The molecular weight excluding hydrogens is 124 g/mol. The third-order valence-electron chi connectivity index (χ3n) is 1.24. The maximum atomic E-state index is 8.46. The Morgan fingerprint density at radius 2 is 2.30 bits per heavy atom. The maximum Gasteiger partial charge on any atom is 0.0991 e. The van der Waals surface area contributed by atoms with E-state index in [0.717, 1.165) is 0 Å². The highest BCUT2D eigenvalue weighted by molar-refractivity contribution is 5.39. The molecule has 0 radical (unpaired) electrons. The molecule has 0 fully saturated rings. The average Bonchev–Trinajstić information content (AvgIpc) is 2.14. The summed E-state index contributed by atoms with van der Waals surface area (Å²) in [6.45, 7) is 0. The minimum absolute atomic E-state index is 0.0536. The molecule has 0 aromatic rings. The van der Waals surface area contributed by atoms with Crippen molar-refractivity contribution in [3.8, 4) is 6.07 Å². The number of nitrogens with two attached hydrogens (primary N) is 1. The Balaban J connectivity index is 2.83. The molecule has 2 N–H and O–H groups in total. The lowest BCUT2D eigenvalue weighted by molar-refractivity contribution is 1.03. The number of nitrogens with zero attached hydrogens (tertiary/aromatic N) is 1. The van der Waals surface area contributed by atoms with E-state index in [4.69, 9.17) is 11.0 Å². The smallest absolute Gasteiger partial charge is 0.0991 e. The van der Waals surface area contributed by atoms with E-state index < -0.39 is 0 Å². The van der Waals surface area contributed by atoms with Gasteiger partial charge in [0.25, 0.3) is 0 Å². The summed E-state index contributed by atoms with van der Waals surface area (Å²) in [6.07, 6.45) is 8.89. The fourth-order valence-corrected chi connectivity index (χ4v) is 0.697. The van der Waals surface area contributed by atoms with Gasteiger partial charge in [-0.3, -0.25) is 0 Å². The third-order valence-corrected chi connectivity index (χ3v) is 1.24. The standard InChI is InChI=1S/C8H8N2/c9-6-7-2-1-3-8(10)5-4-7/h1-5,8H,10H2. The molecule has 1 atom stereocenters. The van der Waals surface area contributed by atoms with Crippen molar-refractivity contribution >= 4 is 0 Å². The van der Waals surface area contributed by atoms with Gasteiger partial charge in [-0.05, 0) is 12.2 Å². The second-order valence-electron chi connectivity index (χ2n) is 2.06. The molecule has 10 heavy (non-hydrogen) atoms. The van der Waals surface area contributed by atoms with E-state index in [1.165, 1.54) is 0 Å². The van der Waals surface area contributed by atoms with Crippen molar-refractivity contribution in [1.29, 1.82) is 5.26 Å². The van der Waals surface area contributed by atoms with Gasteiger partial charge >= 0.3 is 0 Å². The second-order valence-corrected chi connectivity index (χ2v) is 2.06. The van der Waals surface area contributed by atoms with E-state index in [-0.39, 0.29) is 6.04 Å². The topological polar surface area (TPSA) is 49.8 Å². The lowest BCUT2D eigenvalue weighted by Crippen LogP contribution is -2.11. The van der Waals surface area contributed by atoms with Crippen molar-refractivity contribution in [2.75, 3.05) is 0 Å². The van der Waals surface area contributed by atoms with Gasteiger partial charge in [0.2, 0.25) is 0 Å². The zero-order valence-electron chi connectivity index (χ0n) is 5.49. The molecule has 0 saturated carbocycles. The lowest BCUT2D eigenvalue weighted by Gasteiger charge is -1.92. The summed E-state index contributed by atoms with van der Waals surface area (Å²) in [5.74, 6) is 0. The largest absolute Gasteiger partial charge is 0.321 e. The predicted molar refractivity (Wildman–Crippen MR) is 40.0 cm³/mol. The predicted octanol–water partition coefficient (Wildman–Crippen LogP) is 0.890. The third kappa shape index (κ3) is 1.57. The maximum absolute atomic E-state index is 8.46. The van der Waals surface area contributed by atoms with Gasteiger partial charge < -0.3 is 5.73 Å². The zero-order valence-corrected chi connectivity index (χ0v) is 5.49. The number of nitriles is 1. The highest BCUT2D eigenvalue weighted by atomic mass is 14.6.